The predicted molar refractivity (Wildman–Crippen MR) is 103 cm³/mol. The van der Waals surface area contributed by atoms with Crippen molar-refractivity contribution in [3.63, 3.8) is 0 Å². The fraction of sp³-hybridized carbons (Fsp3) is 0.588. The SMILES string of the molecule is COc1cc(C)c(S(=O)(=O)[C@H]2CS(=O)(=O)C[C@@H]2NCCNC(C)=O)cc1C. The zero-order valence-corrected chi connectivity index (χ0v) is 17.5. The van der Waals surface area contributed by atoms with E-state index < -0.39 is 36.7 Å². The number of aryl methyl sites for hydroxylation is 2. The lowest BCUT2D eigenvalue weighted by Crippen LogP contribution is -2.46. The van der Waals surface area contributed by atoms with Gasteiger partial charge in [-0.25, -0.2) is 16.8 Å². The van der Waals surface area contributed by atoms with Gasteiger partial charge in [0.05, 0.1) is 28.8 Å². The van der Waals surface area contributed by atoms with Crippen LogP contribution in [0.5, 0.6) is 5.75 Å². The number of ether oxygens (including phenoxy) is 1. The minimum absolute atomic E-state index is 0.122. The van der Waals surface area contributed by atoms with Crippen molar-refractivity contribution in [2.45, 2.75) is 37.0 Å². The summed E-state index contributed by atoms with van der Waals surface area (Å²) in [5.74, 6) is -0.289. The van der Waals surface area contributed by atoms with E-state index >= 15 is 0 Å². The second-order valence-corrected chi connectivity index (χ2v) is 11.1. The van der Waals surface area contributed by atoms with E-state index in [1.165, 1.54) is 20.1 Å². The summed E-state index contributed by atoms with van der Waals surface area (Å²) >= 11 is 0. The quantitative estimate of drug-likeness (QED) is 0.597. The topological polar surface area (TPSA) is 119 Å². The van der Waals surface area contributed by atoms with E-state index in [1.807, 2.05) is 0 Å². The van der Waals surface area contributed by atoms with Gasteiger partial charge in [-0.1, -0.05) is 0 Å². The Balaban J connectivity index is 2.31. The zero-order chi connectivity index (χ0) is 20.4. The highest BCUT2D eigenvalue weighted by molar-refractivity contribution is 7.96. The largest absolute Gasteiger partial charge is 0.496 e. The minimum Gasteiger partial charge on any atom is -0.496 e. The van der Waals surface area contributed by atoms with E-state index in [0.717, 1.165) is 0 Å². The molecule has 0 saturated carbocycles. The van der Waals surface area contributed by atoms with Crippen LogP contribution in [-0.4, -0.2) is 65.7 Å². The molecule has 0 radical (unpaired) electrons. The van der Waals surface area contributed by atoms with Crippen LogP contribution in [0, 0.1) is 13.8 Å². The van der Waals surface area contributed by atoms with Crippen molar-refractivity contribution in [1.82, 2.24) is 10.6 Å². The molecule has 0 bridgehead atoms. The van der Waals surface area contributed by atoms with Crippen LogP contribution in [0.1, 0.15) is 18.1 Å². The maximum Gasteiger partial charge on any atom is 0.216 e. The average Bonchev–Trinajstić information content (AvgIpc) is 2.88. The molecule has 2 atom stereocenters. The lowest BCUT2D eigenvalue weighted by Gasteiger charge is -2.21. The molecule has 1 amide bonds. The molecule has 27 heavy (non-hydrogen) atoms. The number of benzene rings is 1. The first-order valence-corrected chi connectivity index (χ1v) is 11.9. The first-order chi connectivity index (χ1) is 12.5. The standard InChI is InChI=1S/C17H26N2O6S2/c1-11-8-16(12(2)7-15(11)25-4)27(23,24)17-10-26(21,22)9-14(17)19-6-5-18-13(3)20/h7-8,14,17,19H,5-6,9-10H2,1-4H3,(H,18,20)/t14-,17-/m0/s1. The van der Waals surface area contributed by atoms with Gasteiger partial charge >= 0.3 is 0 Å². The molecular formula is C17H26N2O6S2. The lowest BCUT2D eigenvalue weighted by atomic mass is 10.1. The Kier molecular flexibility index (Phi) is 6.54. The fourth-order valence-corrected chi connectivity index (χ4v) is 8.29. The average molecular weight is 419 g/mol. The Morgan fingerprint density at radius 1 is 1.19 bits per heavy atom. The highest BCUT2D eigenvalue weighted by atomic mass is 32.2. The molecule has 10 heteroatoms. The summed E-state index contributed by atoms with van der Waals surface area (Å²) in [5.41, 5.74) is 1.18. The van der Waals surface area contributed by atoms with E-state index in [0.29, 0.717) is 23.4 Å². The molecule has 0 spiro atoms. The maximum atomic E-state index is 13.2. The highest BCUT2D eigenvalue weighted by Crippen LogP contribution is 2.31. The summed E-state index contributed by atoms with van der Waals surface area (Å²) in [7, 11) is -5.85. The van der Waals surface area contributed by atoms with Gasteiger partial charge in [-0.2, -0.15) is 0 Å². The molecule has 1 aromatic rings. The minimum atomic E-state index is -3.88. The molecule has 1 fully saturated rings. The van der Waals surface area contributed by atoms with E-state index in [4.69, 9.17) is 4.74 Å². The zero-order valence-electron chi connectivity index (χ0n) is 15.9. The first-order valence-electron chi connectivity index (χ1n) is 8.55. The van der Waals surface area contributed by atoms with Gasteiger partial charge in [0.15, 0.2) is 19.7 Å². The van der Waals surface area contributed by atoms with Crippen LogP contribution in [0.4, 0.5) is 0 Å². The van der Waals surface area contributed by atoms with Crippen LogP contribution in [0.3, 0.4) is 0 Å². The monoisotopic (exact) mass is 418 g/mol. The third kappa shape index (κ3) is 4.99. The van der Waals surface area contributed by atoms with E-state index in [2.05, 4.69) is 10.6 Å². The van der Waals surface area contributed by atoms with Gasteiger partial charge in [-0.05, 0) is 37.1 Å². The second-order valence-electron chi connectivity index (χ2n) is 6.79. The summed E-state index contributed by atoms with van der Waals surface area (Å²) in [6.45, 7) is 5.36. The van der Waals surface area contributed by atoms with Gasteiger partial charge in [-0.15, -0.1) is 0 Å². The number of carbonyl (C=O) groups is 1. The molecule has 0 unspecified atom stereocenters. The van der Waals surface area contributed by atoms with E-state index in [9.17, 15) is 21.6 Å². The number of methoxy groups -OCH3 is 1. The number of amides is 1. The molecule has 1 heterocycles. The van der Waals surface area contributed by atoms with Gasteiger partial charge in [0, 0.05) is 26.1 Å². The van der Waals surface area contributed by atoms with Crippen molar-refractivity contribution < 1.29 is 26.4 Å². The summed E-state index contributed by atoms with van der Waals surface area (Å²) in [6.07, 6.45) is 0. The number of nitrogens with one attached hydrogen (secondary N) is 2. The predicted octanol–water partition coefficient (Wildman–Crippen LogP) is -0.0230. The smallest absolute Gasteiger partial charge is 0.216 e. The fourth-order valence-electron chi connectivity index (χ4n) is 3.26. The molecule has 1 saturated heterocycles. The van der Waals surface area contributed by atoms with E-state index in [-0.39, 0.29) is 23.1 Å². The van der Waals surface area contributed by atoms with Crippen LogP contribution >= 0.6 is 0 Å². The van der Waals surface area contributed by atoms with Gasteiger partial charge in [0.25, 0.3) is 0 Å². The van der Waals surface area contributed by atoms with Crippen molar-refractivity contribution in [2.24, 2.45) is 0 Å². The Hall–Kier alpha value is -1.65. The highest BCUT2D eigenvalue weighted by Gasteiger charge is 2.46. The molecule has 8 nitrogen and oxygen atoms in total. The molecule has 0 aliphatic carbocycles. The number of carbonyl (C=O) groups excluding carboxylic acids is 1. The number of rotatable bonds is 7. The van der Waals surface area contributed by atoms with Gasteiger partial charge in [-0.3, -0.25) is 4.79 Å². The molecule has 0 aromatic heterocycles. The van der Waals surface area contributed by atoms with Crippen LogP contribution in [0.25, 0.3) is 0 Å². The Morgan fingerprint density at radius 3 is 2.44 bits per heavy atom. The summed E-state index contributed by atoms with van der Waals surface area (Å²) in [6, 6.07) is 2.45. The first kappa shape index (κ1) is 21.6. The maximum absolute atomic E-state index is 13.2. The Bertz CT molecular complexity index is 925. The molecule has 1 aromatic carbocycles. The molecule has 1 aliphatic rings. The summed E-state index contributed by atoms with van der Waals surface area (Å²) in [5, 5.41) is 4.49. The molecule has 2 rings (SSSR count). The molecule has 2 N–H and O–H groups in total. The van der Waals surface area contributed by atoms with Crippen molar-refractivity contribution in [3.8, 4) is 5.75 Å². The number of hydrogen-bond donors (Lipinski definition) is 2. The van der Waals surface area contributed by atoms with Crippen molar-refractivity contribution in [1.29, 1.82) is 0 Å². The van der Waals surface area contributed by atoms with Gasteiger partial charge < -0.3 is 15.4 Å². The van der Waals surface area contributed by atoms with Gasteiger partial charge in [0.1, 0.15) is 5.75 Å². The van der Waals surface area contributed by atoms with Crippen LogP contribution in [-0.2, 0) is 24.5 Å². The normalized spacial score (nSPS) is 21.8. The van der Waals surface area contributed by atoms with Crippen molar-refractivity contribution in [2.75, 3.05) is 31.7 Å². The third-order valence-electron chi connectivity index (χ3n) is 4.60. The van der Waals surface area contributed by atoms with Crippen LogP contribution in [0.15, 0.2) is 17.0 Å². The molecular weight excluding hydrogens is 392 g/mol. The Labute approximate surface area is 160 Å². The number of sulfone groups is 2. The summed E-state index contributed by atoms with van der Waals surface area (Å²) < 4.78 is 55.9. The van der Waals surface area contributed by atoms with Crippen LogP contribution < -0.4 is 15.4 Å². The van der Waals surface area contributed by atoms with Crippen molar-refractivity contribution >= 4 is 25.6 Å². The van der Waals surface area contributed by atoms with Crippen molar-refractivity contribution in [3.05, 3.63) is 23.3 Å². The third-order valence-corrected chi connectivity index (χ3v) is 8.89. The second kappa shape index (κ2) is 8.15. The lowest BCUT2D eigenvalue weighted by molar-refractivity contribution is -0.118. The molecule has 1 aliphatic heterocycles. The van der Waals surface area contributed by atoms with E-state index in [1.54, 1.807) is 19.9 Å². The summed E-state index contributed by atoms with van der Waals surface area (Å²) in [4.78, 5) is 11.1. The Morgan fingerprint density at radius 2 is 1.85 bits per heavy atom. The van der Waals surface area contributed by atoms with Crippen LogP contribution in [0.2, 0.25) is 0 Å². The molecule has 152 valence electrons. The van der Waals surface area contributed by atoms with Gasteiger partial charge in [0.2, 0.25) is 5.91 Å². The number of hydrogen-bond acceptors (Lipinski definition) is 7.